The Balaban J connectivity index is 2.58. The van der Waals surface area contributed by atoms with Gasteiger partial charge in [0, 0.05) is 0 Å². The third-order valence-electron chi connectivity index (χ3n) is 2.20. The molecule has 4 nitrogen and oxygen atoms in total. The van der Waals surface area contributed by atoms with E-state index in [1.54, 1.807) is 0 Å². The SMILES string of the molecule is CC(C)[C@@H]1OC[C@@H](O)C(O)[C@@H]1O. The molecule has 3 N–H and O–H groups in total. The lowest BCUT2D eigenvalue weighted by Crippen LogP contribution is -2.54. The Morgan fingerprint density at radius 3 is 2.25 bits per heavy atom. The molecule has 0 amide bonds. The summed E-state index contributed by atoms with van der Waals surface area (Å²) in [5.74, 6) is 0.141. The van der Waals surface area contributed by atoms with Crippen molar-refractivity contribution in [1.82, 2.24) is 0 Å². The molecule has 0 aromatic carbocycles. The monoisotopic (exact) mass is 176 g/mol. The zero-order valence-corrected chi connectivity index (χ0v) is 7.34. The molecule has 4 heteroatoms. The van der Waals surface area contributed by atoms with Crippen molar-refractivity contribution in [3.8, 4) is 0 Å². The van der Waals surface area contributed by atoms with Crippen LogP contribution in [0, 0.1) is 5.92 Å². The summed E-state index contributed by atoms with van der Waals surface area (Å²) >= 11 is 0. The molecule has 1 rings (SSSR count). The van der Waals surface area contributed by atoms with Gasteiger partial charge in [0.1, 0.15) is 18.3 Å². The quantitative estimate of drug-likeness (QED) is 0.485. The largest absolute Gasteiger partial charge is 0.388 e. The molecule has 1 fully saturated rings. The number of ether oxygens (including phenoxy) is 1. The van der Waals surface area contributed by atoms with Gasteiger partial charge in [0.25, 0.3) is 0 Å². The van der Waals surface area contributed by atoms with Gasteiger partial charge in [-0.25, -0.2) is 0 Å². The average Bonchev–Trinajstić information content (AvgIpc) is 2.00. The lowest BCUT2D eigenvalue weighted by molar-refractivity contribution is -0.197. The number of rotatable bonds is 1. The number of hydrogen-bond donors (Lipinski definition) is 3. The van der Waals surface area contributed by atoms with Gasteiger partial charge in [-0.1, -0.05) is 13.8 Å². The summed E-state index contributed by atoms with van der Waals surface area (Å²) in [5, 5.41) is 27.8. The van der Waals surface area contributed by atoms with E-state index >= 15 is 0 Å². The molecule has 1 aliphatic heterocycles. The molecule has 1 aliphatic rings. The molecule has 0 aliphatic carbocycles. The summed E-state index contributed by atoms with van der Waals surface area (Å²) in [7, 11) is 0. The second-order valence-corrected chi connectivity index (χ2v) is 3.59. The van der Waals surface area contributed by atoms with Gasteiger partial charge in [0.15, 0.2) is 0 Å². The summed E-state index contributed by atoms with van der Waals surface area (Å²) in [6.45, 7) is 3.90. The predicted octanol–water partition coefficient (Wildman–Crippen LogP) is -0.876. The van der Waals surface area contributed by atoms with Crippen molar-refractivity contribution >= 4 is 0 Å². The smallest absolute Gasteiger partial charge is 0.111 e. The number of hydrogen-bond acceptors (Lipinski definition) is 4. The fourth-order valence-corrected chi connectivity index (χ4v) is 1.42. The van der Waals surface area contributed by atoms with Gasteiger partial charge in [0.2, 0.25) is 0 Å². The van der Waals surface area contributed by atoms with E-state index < -0.39 is 18.3 Å². The molecule has 0 spiro atoms. The van der Waals surface area contributed by atoms with Crippen LogP contribution in [-0.4, -0.2) is 46.3 Å². The van der Waals surface area contributed by atoms with E-state index in [-0.39, 0.29) is 18.6 Å². The highest BCUT2D eigenvalue weighted by Crippen LogP contribution is 2.20. The van der Waals surface area contributed by atoms with Gasteiger partial charge < -0.3 is 20.1 Å². The first-order valence-electron chi connectivity index (χ1n) is 4.20. The Labute approximate surface area is 71.8 Å². The molecule has 0 saturated carbocycles. The van der Waals surface area contributed by atoms with Crippen LogP contribution in [0.1, 0.15) is 13.8 Å². The highest BCUT2D eigenvalue weighted by Gasteiger charge is 2.38. The van der Waals surface area contributed by atoms with Crippen molar-refractivity contribution in [1.29, 1.82) is 0 Å². The Bertz CT molecular complexity index is 148. The van der Waals surface area contributed by atoms with E-state index in [0.717, 1.165) is 0 Å². The van der Waals surface area contributed by atoms with Crippen molar-refractivity contribution in [3.05, 3.63) is 0 Å². The van der Waals surface area contributed by atoms with Crippen LogP contribution in [-0.2, 0) is 4.74 Å². The van der Waals surface area contributed by atoms with E-state index in [2.05, 4.69) is 0 Å². The van der Waals surface area contributed by atoms with E-state index in [9.17, 15) is 10.2 Å². The highest BCUT2D eigenvalue weighted by molar-refractivity contribution is 4.87. The minimum absolute atomic E-state index is 0.0983. The van der Waals surface area contributed by atoms with Gasteiger partial charge in [-0.05, 0) is 5.92 Å². The number of aliphatic hydroxyl groups excluding tert-OH is 3. The van der Waals surface area contributed by atoms with Gasteiger partial charge in [-0.3, -0.25) is 0 Å². The lowest BCUT2D eigenvalue weighted by atomic mass is 9.93. The Morgan fingerprint density at radius 2 is 1.75 bits per heavy atom. The number of aliphatic hydroxyl groups is 3. The molecule has 72 valence electrons. The van der Waals surface area contributed by atoms with Crippen molar-refractivity contribution in [2.24, 2.45) is 5.92 Å². The minimum atomic E-state index is -1.08. The standard InChI is InChI=1S/C8H16O4/c1-4(2)8-7(11)6(10)5(9)3-12-8/h4-11H,3H2,1-2H3/t5-,6?,7+,8+/m1/s1. The summed E-state index contributed by atoms with van der Waals surface area (Å²) < 4.78 is 5.17. The van der Waals surface area contributed by atoms with Crippen LogP contribution in [0.2, 0.25) is 0 Å². The summed E-state index contributed by atoms with van der Waals surface area (Å²) in [6.07, 6.45) is -3.39. The van der Waals surface area contributed by atoms with Crippen LogP contribution < -0.4 is 0 Å². The predicted molar refractivity (Wildman–Crippen MR) is 42.6 cm³/mol. The fraction of sp³-hybridized carbons (Fsp3) is 1.00. The molecule has 0 aromatic rings. The van der Waals surface area contributed by atoms with Crippen LogP contribution >= 0.6 is 0 Å². The molecule has 12 heavy (non-hydrogen) atoms. The van der Waals surface area contributed by atoms with Crippen molar-refractivity contribution in [2.75, 3.05) is 6.61 Å². The van der Waals surface area contributed by atoms with Crippen LogP contribution in [0.25, 0.3) is 0 Å². The third-order valence-corrected chi connectivity index (χ3v) is 2.20. The first-order valence-corrected chi connectivity index (χ1v) is 4.20. The Morgan fingerprint density at radius 1 is 1.17 bits per heavy atom. The molecule has 1 heterocycles. The van der Waals surface area contributed by atoms with Gasteiger partial charge in [-0.15, -0.1) is 0 Å². The van der Waals surface area contributed by atoms with Crippen molar-refractivity contribution in [3.63, 3.8) is 0 Å². The second kappa shape index (κ2) is 3.70. The highest BCUT2D eigenvalue weighted by atomic mass is 16.5. The Hall–Kier alpha value is -0.160. The molecule has 4 atom stereocenters. The minimum Gasteiger partial charge on any atom is -0.388 e. The zero-order valence-electron chi connectivity index (χ0n) is 7.34. The molecule has 1 saturated heterocycles. The van der Waals surface area contributed by atoms with Crippen LogP contribution in [0.15, 0.2) is 0 Å². The van der Waals surface area contributed by atoms with E-state index in [1.165, 1.54) is 0 Å². The van der Waals surface area contributed by atoms with E-state index in [1.807, 2.05) is 13.8 Å². The lowest BCUT2D eigenvalue weighted by Gasteiger charge is -2.37. The second-order valence-electron chi connectivity index (χ2n) is 3.59. The maximum Gasteiger partial charge on any atom is 0.111 e. The molecule has 0 bridgehead atoms. The van der Waals surface area contributed by atoms with E-state index in [0.29, 0.717) is 0 Å². The maximum atomic E-state index is 9.44. The first kappa shape index (κ1) is 9.92. The average molecular weight is 176 g/mol. The first-order chi connectivity index (χ1) is 5.54. The van der Waals surface area contributed by atoms with Gasteiger partial charge in [-0.2, -0.15) is 0 Å². The van der Waals surface area contributed by atoms with Crippen molar-refractivity contribution in [2.45, 2.75) is 38.3 Å². The summed E-state index contributed by atoms with van der Waals surface area (Å²) in [6, 6.07) is 0. The topological polar surface area (TPSA) is 69.9 Å². The fourth-order valence-electron chi connectivity index (χ4n) is 1.42. The maximum absolute atomic E-state index is 9.44. The summed E-state index contributed by atoms with van der Waals surface area (Å²) in [5.41, 5.74) is 0. The van der Waals surface area contributed by atoms with E-state index in [4.69, 9.17) is 9.84 Å². The van der Waals surface area contributed by atoms with Crippen LogP contribution in [0.4, 0.5) is 0 Å². The van der Waals surface area contributed by atoms with Crippen molar-refractivity contribution < 1.29 is 20.1 Å². The Kier molecular flexibility index (Phi) is 3.06. The van der Waals surface area contributed by atoms with Crippen LogP contribution in [0.3, 0.4) is 0 Å². The van der Waals surface area contributed by atoms with Gasteiger partial charge >= 0.3 is 0 Å². The molecular weight excluding hydrogens is 160 g/mol. The molecule has 0 radical (unpaired) electrons. The molecule has 0 aromatic heterocycles. The normalized spacial score (nSPS) is 43.5. The molecule has 1 unspecified atom stereocenters. The van der Waals surface area contributed by atoms with Crippen LogP contribution in [0.5, 0.6) is 0 Å². The molecular formula is C8H16O4. The zero-order chi connectivity index (χ0) is 9.30. The summed E-state index contributed by atoms with van der Waals surface area (Å²) in [4.78, 5) is 0. The van der Waals surface area contributed by atoms with Gasteiger partial charge in [0.05, 0.1) is 12.7 Å². The third kappa shape index (κ3) is 1.77.